The maximum Gasteiger partial charge on any atom is 0.254 e. The highest BCUT2D eigenvalue weighted by atomic mass is 16.5. The summed E-state index contributed by atoms with van der Waals surface area (Å²) in [7, 11) is 5.41. The van der Waals surface area contributed by atoms with Gasteiger partial charge in [0.15, 0.2) is 0 Å². The van der Waals surface area contributed by atoms with Gasteiger partial charge in [0.05, 0.1) is 19.1 Å². The number of carbonyl (C=O) groups is 2. The van der Waals surface area contributed by atoms with Crippen LogP contribution >= 0.6 is 0 Å². The summed E-state index contributed by atoms with van der Waals surface area (Å²) in [5, 5.41) is 0. The molecule has 0 bridgehead atoms. The Morgan fingerprint density at radius 3 is 2.54 bits per heavy atom. The molecule has 2 aromatic carbocycles. The lowest BCUT2D eigenvalue weighted by Crippen LogP contribution is -2.52. The van der Waals surface area contributed by atoms with Crippen molar-refractivity contribution >= 4 is 11.8 Å². The zero-order chi connectivity index (χ0) is 24.5. The smallest absolute Gasteiger partial charge is 0.254 e. The second-order valence-corrected chi connectivity index (χ2v) is 10.4. The Morgan fingerprint density at radius 1 is 1.03 bits per heavy atom. The maximum atomic E-state index is 14.2. The fourth-order valence-corrected chi connectivity index (χ4v) is 6.63. The van der Waals surface area contributed by atoms with E-state index in [0.717, 1.165) is 23.4 Å². The van der Waals surface area contributed by atoms with Gasteiger partial charge in [0, 0.05) is 32.2 Å². The van der Waals surface area contributed by atoms with Gasteiger partial charge in [-0.3, -0.25) is 9.59 Å². The Bertz CT molecular complexity index is 1070. The van der Waals surface area contributed by atoms with Gasteiger partial charge in [-0.05, 0) is 74.0 Å². The van der Waals surface area contributed by atoms with E-state index in [4.69, 9.17) is 4.74 Å². The number of amides is 2. The van der Waals surface area contributed by atoms with Crippen molar-refractivity contribution in [2.24, 2.45) is 5.92 Å². The predicted octanol–water partition coefficient (Wildman–Crippen LogP) is 4.33. The van der Waals surface area contributed by atoms with Gasteiger partial charge in [0.25, 0.3) is 5.91 Å². The summed E-state index contributed by atoms with van der Waals surface area (Å²) in [5.74, 6) is 0.867. The van der Waals surface area contributed by atoms with E-state index in [-0.39, 0.29) is 17.9 Å². The molecule has 4 atom stereocenters. The predicted molar refractivity (Wildman–Crippen MR) is 137 cm³/mol. The molecule has 3 aliphatic rings. The van der Waals surface area contributed by atoms with Crippen LogP contribution in [0.5, 0.6) is 5.75 Å². The Morgan fingerprint density at radius 2 is 1.77 bits per heavy atom. The van der Waals surface area contributed by atoms with E-state index in [2.05, 4.69) is 4.90 Å². The molecule has 0 radical (unpaired) electrons. The van der Waals surface area contributed by atoms with Gasteiger partial charge in [0.2, 0.25) is 5.91 Å². The summed E-state index contributed by atoms with van der Waals surface area (Å²) in [6.07, 6.45) is 6.21. The van der Waals surface area contributed by atoms with E-state index in [0.29, 0.717) is 17.5 Å². The van der Waals surface area contributed by atoms with E-state index < -0.39 is 5.92 Å². The first-order chi connectivity index (χ1) is 17.0. The summed E-state index contributed by atoms with van der Waals surface area (Å²) in [4.78, 5) is 33.8. The van der Waals surface area contributed by atoms with Crippen LogP contribution in [-0.4, -0.2) is 73.4 Å². The summed E-state index contributed by atoms with van der Waals surface area (Å²) >= 11 is 0. The van der Waals surface area contributed by atoms with Crippen molar-refractivity contribution in [1.82, 2.24) is 14.7 Å². The fourth-order valence-electron chi connectivity index (χ4n) is 6.63. The molecule has 0 saturated carbocycles. The van der Waals surface area contributed by atoms with Crippen LogP contribution in [0.2, 0.25) is 0 Å². The number of rotatable bonds is 5. The molecular weight excluding hydrogens is 438 g/mol. The summed E-state index contributed by atoms with van der Waals surface area (Å²) in [5.41, 5.74) is 2.40. The number of piperidine rings is 2. The normalized spacial score (nSPS) is 26.6. The zero-order valence-electron chi connectivity index (χ0n) is 21.2. The van der Waals surface area contributed by atoms with Crippen LogP contribution in [-0.2, 0) is 4.79 Å². The van der Waals surface area contributed by atoms with Gasteiger partial charge < -0.3 is 19.4 Å². The van der Waals surface area contributed by atoms with Crippen LogP contribution in [0.1, 0.15) is 65.5 Å². The molecule has 0 aliphatic carbocycles. The monoisotopic (exact) mass is 475 g/mol. The highest BCUT2D eigenvalue weighted by molar-refractivity contribution is 6.01. The van der Waals surface area contributed by atoms with Crippen molar-refractivity contribution < 1.29 is 14.3 Å². The van der Waals surface area contributed by atoms with E-state index in [1.165, 1.54) is 45.2 Å². The molecule has 0 aromatic heterocycles. The van der Waals surface area contributed by atoms with E-state index in [1.807, 2.05) is 67.5 Å². The zero-order valence-corrected chi connectivity index (χ0v) is 21.2. The molecule has 5 rings (SSSR count). The lowest BCUT2D eigenvalue weighted by molar-refractivity contribution is -0.134. The second-order valence-electron chi connectivity index (χ2n) is 10.4. The molecule has 2 fully saturated rings. The molecule has 186 valence electrons. The molecule has 6 heteroatoms. The Hall–Kier alpha value is -2.86. The van der Waals surface area contributed by atoms with Gasteiger partial charge in [-0.15, -0.1) is 0 Å². The maximum absolute atomic E-state index is 14.2. The van der Waals surface area contributed by atoms with Crippen molar-refractivity contribution in [2.75, 3.05) is 40.8 Å². The topological polar surface area (TPSA) is 53.1 Å². The average Bonchev–Trinajstić information content (AvgIpc) is 2.90. The van der Waals surface area contributed by atoms with Gasteiger partial charge in [-0.1, -0.05) is 36.8 Å². The van der Waals surface area contributed by atoms with Gasteiger partial charge >= 0.3 is 0 Å². The van der Waals surface area contributed by atoms with Crippen molar-refractivity contribution in [3.8, 4) is 5.75 Å². The van der Waals surface area contributed by atoms with Gasteiger partial charge in [-0.25, -0.2) is 0 Å². The molecule has 6 nitrogen and oxygen atoms in total. The highest BCUT2D eigenvalue weighted by Crippen LogP contribution is 2.43. The summed E-state index contributed by atoms with van der Waals surface area (Å²) in [6.45, 7) is 3.16. The third-order valence-corrected chi connectivity index (χ3v) is 8.42. The molecule has 3 heterocycles. The van der Waals surface area contributed by atoms with Crippen LogP contribution in [0.15, 0.2) is 48.5 Å². The molecular formula is C29H37N3O3. The minimum atomic E-state index is -0.446. The third kappa shape index (κ3) is 4.44. The Balaban J connectivity index is 1.46. The first-order valence-electron chi connectivity index (χ1n) is 13.0. The highest BCUT2D eigenvalue weighted by Gasteiger charge is 2.44. The van der Waals surface area contributed by atoms with E-state index in [9.17, 15) is 9.59 Å². The average molecular weight is 476 g/mol. The number of nitrogens with zero attached hydrogens (tertiary/aromatic N) is 3. The number of ether oxygens (including phenoxy) is 1. The molecule has 0 N–H and O–H groups in total. The number of benzene rings is 2. The minimum absolute atomic E-state index is 0.0433. The Labute approximate surface area is 208 Å². The third-order valence-electron chi connectivity index (χ3n) is 8.42. The summed E-state index contributed by atoms with van der Waals surface area (Å²) < 4.78 is 5.34. The van der Waals surface area contributed by atoms with Crippen molar-refractivity contribution in [2.45, 2.75) is 50.1 Å². The quantitative estimate of drug-likeness (QED) is 0.646. The van der Waals surface area contributed by atoms with Crippen LogP contribution < -0.4 is 4.74 Å². The standard InChI is InChI=1S/C29H37N3O3/c1-30(19-21-9-8-18-32-17-7-6-12-25(21)32)29(34)26-23-10-4-5-11-24(23)28(33)31(2)27(26)20-13-15-22(35-3)16-14-20/h4-5,10-11,13-16,21,25-27H,6-9,12,17-19H2,1-3H3/t21-,25+,26-,27+/m0/s1. The van der Waals surface area contributed by atoms with Gasteiger partial charge in [0.1, 0.15) is 5.75 Å². The van der Waals surface area contributed by atoms with Crippen molar-refractivity contribution in [1.29, 1.82) is 0 Å². The molecule has 0 spiro atoms. The number of fused-ring (bicyclic) bond motifs is 2. The SMILES string of the molecule is COc1ccc([C@@H]2[C@@H](C(=O)N(C)C[C@@H]3CCCN4CCCC[C@H]34)c3ccccc3C(=O)N2C)cc1. The minimum Gasteiger partial charge on any atom is -0.497 e. The van der Waals surface area contributed by atoms with Crippen LogP contribution in [0.4, 0.5) is 0 Å². The van der Waals surface area contributed by atoms with Crippen molar-refractivity contribution in [3.05, 3.63) is 65.2 Å². The first-order valence-corrected chi connectivity index (χ1v) is 13.0. The van der Waals surface area contributed by atoms with Crippen LogP contribution in [0.25, 0.3) is 0 Å². The van der Waals surface area contributed by atoms with Crippen LogP contribution in [0, 0.1) is 5.92 Å². The number of likely N-dealkylation sites (N-methyl/N-ethyl adjacent to an activating group) is 2. The van der Waals surface area contributed by atoms with Crippen LogP contribution in [0.3, 0.4) is 0 Å². The number of hydrogen-bond donors (Lipinski definition) is 0. The Kier molecular flexibility index (Phi) is 6.83. The lowest BCUT2D eigenvalue weighted by Gasteiger charge is -2.46. The number of hydrogen-bond acceptors (Lipinski definition) is 4. The summed E-state index contributed by atoms with van der Waals surface area (Å²) in [6, 6.07) is 15.6. The van der Waals surface area contributed by atoms with Crippen molar-refractivity contribution in [3.63, 3.8) is 0 Å². The molecule has 2 aromatic rings. The van der Waals surface area contributed by atoms with E-state index in [1.54, 1.807) is 12.0 Å². The number of methoxy groups -OCH3 is 1. The first kappa shape index (κ1) is 23.9. The van der Waals surface area contributed by atoms with E-state index >= 15 is 0 Å². The molecule has 3 aliphatic heterocycles. The molecule has 35 heavy (non-hydrogen) atoms. The fraction of sp³-hybridized carbons (Fsp3) is 0.517. The molecule has 0 unspecified atom stereocenters. The lowest BCUT2D eigenvalue weighted by atomic mass is 9.78. The molecule has 2 amide bonds. The second kappa shape index (κ2) is 10.0. The number of carbonyl (C=O) groups excluding carboxylic acids is 2. The van der Waals surface area contributed by atoms with Gasteiger partial charge in [-0.2, -0.15) is 0 Å². The molecule has 2 saturated heterocycles. The largest absolute Gasteiger partial charge is 0.497 e.